The minimum Gasteiger partial charge on any atom is -0.0654 e. The van der Waals surface area contributed by atoms with Gasteiger partial charge in [0, 0.05) is 0 Å². The lowest BCUT2D eigenvalue weighted by Crippen LogP contribution is -1.96. The predicted molar refractivity (Wildman–Crippen MR) is 184 cm³/mol. The maximum atomic E-state index is 4.08. The van der Waals surface area contributed by atoms with Crippen LogP contribution in [0.15, 0.2) is 18.2 Å². The first kappa shape index (κ1) is 37.2. The number of hydrogen-bond acceptors (Lipinski definition) is 0. The highest BCUT2D eigenvalue weighted by atomic mass is 14.1. The topological polar surface area (TPSA) is 0 Å². The van der Waals surface area contributed by atoms with Gasteiger partial charge < -0.3 is 0 Å². The molecule has 1 aromatic rings. The lowest BCUT2D eigenvalue weighted by atomic mass is 9.95. The van der Waals surface area contributed by atoms with E-state index in [4.69, 9.17) is 0 Å². The van der Waals surface area contributed by atoms with E-state index in [-0.39, 0.29) is 0 Å². The number of hydrogen-bond donors (Lipinski definition) is 0. The second kappa shape index (κ2) is 29.7. The van der Waals surface area contributed by atoms with Gasteiger partial charge in [0.25, 0.3) is 0 Å². The van der Waals surface area contributed by atoms with Crippen molar-refractivity contribution in [1.29, 1.82) is 0 Å². The van der Waals surface area contributed by atoms with Crippen LogP contribution < -0.4 is 0 Å². The summed E-state index contributed by atoms with van der Waals surface area (Å²) in [6.07, 6.45) is 43.4. The molecule has 0 aliphatic carbocycles. The molecular weight excluding hydrogens is 480 g/mol. The molecule has 1 radical (unpaired) electrons. The monoisotopic (exact) mass is 554 g/mol. The lowest BCUT2D eigenvalue weighted by Gasteiger charge is -2.11. The molecule has 0 heteroatoms. The Labute approximate surface area is 254 Å². The highest BCUT2D eigenvalue weighted by molar-refractivity contribution is 5.30. The van der Waals surface area contributed by atoms with Crippen molar-refractivity contribution in [3.8, 4) is 0 Å². The van der Waals surface area contributed by atoms with Gasteiger partial charge in [-0.25, -0.2) is 0 Å². The first-order chi connectivity index (χ1) is 19.8. The Morgan fingerprint density at radius 3 is 0.800 bits per heavy atom. The van der Waals surface area contributed by atoms with Crippen LogP contribution in [0.3, 0.4) is 0 Å². The molecule has 0 saturated heterocycles. The van der Waals surface area contributed by atoms with Crippen molar-refractivity contribution in [1.82, 2.24) is 0 Å². The zero-order valence-corrected chi connectivity index (χ0v) is 27.9. The molecule has 0 amide bonds. The van der Waals surface area contributed by atoms with Crippen LogP contribution in [0.5, 0.6) is 0 Å². The van der Waals surface area contributed by atoms with E-state index >= 15 is 0 Å². The Morgan fingerprint density at radius 1 is 0.325 bits per heavy atom. The molecule has 0 aromatic heterocycles. The maximum Gasteiger partial charge on any atom is -0.0279 e. The fourth-order valence-corrected chi connectivity index (χ4v) is 6.30. The van der Waals surface area contributed by atoms with Crippen LogP contribution in [0.4, 0.5) is 0 Å². The Morgan fingerprint density at radius 2 is 0.550 bits per heavy atom. The second-order valence-corrected chi connectivity index (χ2v) is 13.1. The van der Waals surface area contributed by atoms with Gasteiger partial charge in [-0.15, -0.1) is 0 Å². The third-order valence-electron chi connectivity index (χ3n) is 8.97. The van der Waals surface area contributed by atoms with Crippen molar-refractivity contribution in [3.63, 3.8) is 0 Å². The van der Waals surface area contributed by atoms with Gasteiger partial charge in [0.05, 0.1) is 0 Å². The summed E-state index contributed by atoms with van der Waals surface area (Å²) in [5.41, 5.74) is 4.78. The minimum atomic E-state index is 1.05. The molecule has 0 aliphatic rings. The van der Waals surface area contributed by atoms with Crippen molar-refractivity contribution in [2.24, 2.45) is 0 Å². The second-order valence-electron chi connectivity index (χ2n) is 13.1. The van der Waals surface area contributed by atoms with E-state index in [1.165, 1.54) is 193 Å². The van der Waals surface area contributed by atoms with E-state index in [2.05, 4.69) is 39.0 Å². The van der Waals surface area contributed by atoms with Gasteiger partial charge in [0.15, 0.2) is 0 Å². The van der Waals surface area contributed by atoms with Crippen LogP contribution in [0.25, 0.3) is 0 Å². The fraction of sp³-hybridized carbons (Fsp3) is 0.825. The number of aryl methyl sites for hydroxylation is 3. The average molecular weight is 554 g/mol. The highest BCUT2D eigenvalue weighted by Gasteiger charge is 2.04. The summed E-state index contributed by atoms with van der Waals surface area (Å²) in [7, 11) is 0. The molecule has 40 heavy (non-hydrogen) atoms. The molecule has 0 nitrogen and oxygen atoms in total. The Balaban J connectivity index is 2.14. The van der Waals surface area contributed by atoms with Gasteiger partial charge in [-0.05, 0) is 55.2 Å². The van der Waals surface area contributed by atoms with Gasteiger partial charge >= 0.3 is 0 Å². The van der Waals surface area contributed by atoms with Crippen molar-refractivity contribution in [3.05, 3.63) is 41.8 Å². The number of benzene rings is 1. The summed E-state index contributed by atoms with van der Waals surface area (Å²) < 4.78 is 0. The fourth-order valence-electron chi connectivity index (χ4n) is 6.30. The van der Waals surface area contributed by atoms with Crippen LogP contribution in [-0.2, 0) is 19.3 Å². The summed E-state index contributed by atoms with van der Waals surface area (Å²) in [5.74, 6) is 0. The lowest BCUT2D eigenvalue weighted by molar-refractivity contribution is 0.539. The smallest absolute Gasteiger partial charge is 0.0279 e. The normalized spacial score (nSPS) is 11.5. The average Bonchev–Trinajstić information content (AvgIpc) is 2.96. The molecule has 1 aromatic carbocycles. The van der Waals surface area contributed by atoms with Crippen molar-refractivity contribution in [2.75, 3.05) is 0 Å². The van der Waals surface area contributed by atoms with Crippen molar-refractivity contribution in [2.45, 2.75) is 213 Å². The Bertz CT molecular complexity index is 581. The van der Waals surface area contributed by atoms with Crippen molar-refractivity contribution >= 4 is 0 Å². The third kappa shape index (κ3) is 23.9. The van der Waals surface area contributed by atoms with Crippen LogP contribution in [0.1, 0.15) is 210 Å². The number of unbranched alkanes of at least 4 members (excludes halogenated alkanes) is 25. The van der Waals surface area contributed by atoms with Gasteiger partial charge in [-0.3, -0.25) is 0 Å². The molecule has 1 rings (SSSR count). The third-order valence-corrected chi connectivity index (χ3v) is 8.97. The summed E-state index contributed by atoms with van der Waals surface area (Å²) in [4.78, 5) is 0. The Kier molecular flexibility index (Phi) is 27.7. The zero-order chi connectivity index (χ0) is 28.8. The SMILES string of the molecule is [CH2]CCCc1cc(CCCCCCCCCCCCCCC)cc(CCCCCCCCCCCCCCC)c1. The quantitative estimate of drug-likeness (QED) is 0.0802. The molecule has 0 N–H and O–H groups in total. The summed E-state index contributed by atoms with van der Waals surface area (Å²) >= 11 is 0. The maximum absolute atomic E-state index is 4.08. The molecule has 0 unspecified atom stereocenters. The summed E-state index contributed by atoms with van der Waals surface area (Å²) in [6.45, 7) is 8.69. The van der Waals surface area contributed by atoms with E-state index < -0.39 is 0 Å². The van der Waals surface area contributed by atoms with E-state index in [9.17, 15) is 0 Å². The summed E-state index contributed by atoms with van der Waals surface area (Å²) in [5, 5.41) is 0. The van der Waals surface area contributed by atoms with Crippen LogP contribution in [0, 0.1) is 6.92 Å². The van der Waals surface area contributed by atoms with Crippen LogP contribution in [-0.4, -0.2) is 0 Å². The standard InChI is InChI=1S/C40H73/c1-4-7-10-12-14-16-18-20-22-24-26-28-30-33-39-35-38(32-9-6-3)36-40(37-39)34-31-29-27-25-23-21-19-17-15-13-11-8-5-2/h35-37H,3-34H2,1-2H3. The van der Waals surface area contributed by atoms with E-state index in [0.29, 0.717) is 0 Å². The van der Waals surface area contributed by atoms with E-state index in [1.807, 2.05) is 0 Å². The molecule has 0 saturated carbocycles. The van der Waals surface area contributed by atoms with Crippen LogP contribution in [0.2, 0.25) is 0 Å². The van der Waals surface area contributed by atoms with Gasteiger partial charge in [-0.2, -0.15) is 0 Å². The predicted octanol–water partition coefficient (Wildman–Crippen LogP) is 14.1. The van der Waals surface area contributed by atoms with Crippen molar-refractivity contribution < 1.29 is 0 Å². The molecule has 233 valence electrons. The Hall–Kier alpha value is -0.780. The molecule has 0 spiro atoms. The molecular formula is C40H73. The van der Waals surface area contributed by atoms with E-state index in [0.717, 1.165) is 6.42 Å². The molecule has 0 heterocycles. The first-order valence-electron chi connectivity index (χ1n) is 18.7. The molecule has 0 bridgehead atoms. The first-order valence-corrected chi connectivity index (χ1v) is 18.7. The zero-order valence-electron chi connectivity index (χ0n) is 27.9. The molecule has 0 aliphatic heterocycles. The van der Waals surface area contributed by atoms with Crippen LogP contribution >= 0.6 is 0 Å². The molecule has 0 fully saturated rings. The largest absolute Gasteiger partial charge is 0.0654 e. The summed E-state index contributed by atoms with van der Waals surface area (Å²) in [6, 6.07) is 7.58. The highest BCUT2D eigenvalue weighted by Crippen LogP contribution is 2.20. The van der Waals surface area contributed by atoms with Gasteiger partial charge in [0.2, 0.25) is 0 Å². The number of rotatable bonds is 31. The van der Waals surface area contributed by atoms with Gasteiger partial charge in [-0.1, -0.05) is 199 Å². The van der Waals surface area contributed by atoms with Gasteiger partial charge in [0.1, 0.15) is 0 Å². The minimum absolute atomic E-state index is 1.05. The van der Waals surface area contributed by atoms with E-state index in [1.54, 1.807) is 16.7 Å². The molecule has 0 atom stereocenters.